The molecule has 2 aromatic rings. The molecule has 182 valence electrons. The first-order valence-corrected chi connectivity index (χ1v) is 12.0. The summed E-state index contributed by atoms with van der Waals surface area (Å²) in [7, 11) is 1.64. The lowest BCUT2D eigenvalue weighted by Gasteiger charge is -2.33. The number of ether oxygens (including phenoxy) is 2. The number of hydrogen-bond donors (Lipinski definition) is 1. The van der Waals surface area contributed by atoms with E-state index in [2.05, 4.69) is 15.3 Å². The maximum Gasteiger partial charge on any atom is 0.410 e. The molecule has 2 amide bonds. The molecule has 0 unspecified atom stereocenters. The summed E-state index contributed by atoms with van der Waals surface area (Å²) in [5.41, 5.74) is 2.46. The molecule has 1 aliphatic heterocycles. The van der Waals surface area contributed by atoms with Crippen LogP contribution in [0, 0.1) is 0 Å². The van der Waals surface area contributed by atoms with Gasteiger partial charge in [-0.1, -0.05) is 6.07 Å². The van der Waals surface area contributed by atoms with Crippen LogP contribution in [0.15, 0.2) is 30.6 Å². The number of carbonyl (C=O) groups is 2. The number of rotatable bonds is 6. The number of hydrogen-bond acceptors (Lipinski definition) is 6. The first kappa shape index (κ1) is 24.0. The molecule has 0 radical (unpaired) electrons. The van der Waals surface area contributed by atoms with Crippen molar-refractivity contribution < 1.29 is 19.1 Å². The summed E-state index contributed by atoms with van der Waals surface area (Å²) in [4.78, 5) is 35.5. The van der Waals surface area contributed by atoms with E-state index in [1.54, 1.807) is 30.5 Å². The van der Waals surface area contributed by atoms with E-state index < -0.39 is 5.60 Å². The van der Waals surface area contributed by atoms with Crippen LogP contribution >= 0.6 is 0 Å². The number of carbonyl (C=O) groups excluding carboxylic acids is 2. The van der Waals surface area contributed by atoms with Crippen molar-refractivity contribution in [3.8, 4) is 5.75 Å². The van der Waals surface area contributed by atoms with E-state index in [1.807, 2.05) is 32.9 Å². The molecule has 8 nitrogen and oxygen atoms in total. The molecule has 0 aromatic carbocycles. The van der Waals surface area contributed by atoms with Crippen molar-refractivity contribution in [2.75, 3.05) is 25.5 Å². The van der Waals surface area contributed by atoms with E-state index >= 15 is 0 Å². The van der Waals surface area contributed by atoms with Crippen molar-refractivity contribution in [2.45, 2.75) is 70.3 Å². The lowest BCUT2D eigenvalue weighted by molar-refractivity contribution is -0.115. The quantitative estimate of drug-likeness (QED) is 0.666. The Morgan fingerprint density at radius 3 is 2.38 bits per heavy atom. The number of anilines is 1. The Labute approximate surface area is 201 Å². The fraction of sp³-hybridized carbons (Fsp3) is 0.538. The van der Waals surface area contributed by atoms with Crippen molar-refractivity contribution in [2.24, 2.45) is 0 Å². The Hall–Kier alpha value is -3.16. The second kappa shape index (κ2) is 9.99. The van der Waals surface area contributed by atoms with Crippen LogP contribution in [0.5, 0.6) is 5.75 Å². The van der Waals surface area contributed by atoms with Crippen LogP contribution in [-0.2, 0) is 16.0 Å². The normalized spacial score (nSPS) is 16.8. The molecule has 1 saturated carbocycles. The van der Waals surface area contributed by atoms with Gasteiger partial charge in [0.05, 0.1) is 13.5 Å². The van der Waals surface area contributed by atoms with Crippen LogP contribution in [0.3, 0.4) is 0 Å². The third kappa shape index (κ3) is 6.24. The van der Waals surface area contributed by atoms with Gasteiger partial charge >= 0.3 is 6.09 Å². The van der Waals surface area contributed by atoms with Crippen LogP contribution in [0.4, 0.5) is 10.6 Å². The number of aromatic nitrogens is 2. The van der Waals surface area contributed by atoms with Crippen LogP contribution in [0.2, 0.25) is 0 Å². The molecule has 4 rings (SSSR count). The Morgan fingerprint density at radius 1 is 1.06 bits per heavy atom. The van der Waals surface area contributed by atoms with Crippen molar-refractivity contribution in [1.29, 1.82) is 0 Å². The summed E-state index contributed by atoms with van der Waals surface area (Å²) in [5.74, 6) is 1.95. The van der Waals surface area contributed by atoms with Gasteiger partial charge in [0.15, 0.2) is 0 Å². The SMILES string of the molecule is COc1cc(NC(=O)Cc2ccc(C3CCN(C(=O)OC(C)(C)C)CC3)nc2)ncc1C1CC1. The van der Waals surface area contributed by atoms with Gasteiger partial charge in [0.2, 0.25) is 5.91 Å². The molecule has 8 heteroatoms. The molecule has 2 aliphatic rings. The summed E-state index contributed by atoms with van der Waals surface area (Å²) in [6, 6.07) is 5.73. The molecule has 1 saturated heterocycles. The fourth-order valence-electron chi connectivity index (χ4n) is 4.23. The number of methoxy groups -OCH3 is 1. The zero-order valence-corrected chi connectivity index (χ0v) is 20.5. The van der Waals surface area contributed by atoms with E-state index in [4.69, 9.17) is 9.47 Å². The van der Waals surface area contributed by atoms with E-state index in [0.29, 0.717) is 30.7 Å². The molecular formula is C26H34N4O4. The monoisotopic (exact) mass is 466 g/mol. The van der Waals surface area contributed by atoms with Gasteiger partial charge in [0, 0.05) is 48.7 Å². The van der Waals surface area contributed by atoms with Gasteiger partial charge in [-0.05, 0) is 64.0 Å². The van der Waals surface area contributed by atoms with Gasteiger partial charge in [-0.2, -0.15) is 0 Å². The zero-order chi connectivity index (χ0) is 24.3. The van der Waals surface area contributed by atoms with Crippen LogP contribution < -0.4 is 10.1 Å². The third-order valence-electron chi connectivity index (χ3n) is 6.18. The van der Waals surface area contributed by atoms with Gasteiger partial charge in [0.1, 0.15) is 17.2 Å². The van der Waals surface area contributed by atoms with Gasteiger partial charge in [-0.25, -0.2) is 9.78 Å². The molecule has 2 aromatic heterocycles. The van der Waals surface area contributed by atoms with Crippen molar-refractivity contribution in [3.63, 3.8) is 0 Å². The summed E-state index contributed by atoms with van der Waals surface area (Å²) < 4.78 is 10.9. The Balaban J connectivity index is 1.28. The second-order valence-electron chi connectivity index (χ2n) is 10.1. The first-order chi connectivity index (χ1) is 16.2. The lowest BCUT2D eigenvalue weighted by atomic mass is 9.93. The average Bonchev–Trinajstić information content (AvgIpc) is 3.64. The van der Waals surface area contributed by atoms with Gasteiger partial charge in [-0.3, -0.25) is 9.78 Å². The predicted octanol–water partition coefficient (Wildman–Crippen LogP) is 4.66. The predicted molar refractivity (Wildman–Crippen MR) is 129 cm³/mol. The maximum atomic E-state index is 12.5. The lowest BCUT2D eigenvalue weighted by Crippen LogP contribution is -2.41. The first-order valence-electron chi connectivity index (χ1n) is 12.0. The van der Waals surface area contributed by atoms with E-state index in [1.165, 1.54) is 0 Å². The smallest absolute Gasteiger partial charge is 0.410 e. The molecule has 2 fully saturated rings. The molecule has 0 bridgehead atoms. The molecular weight excluding hydrogens is 432 g/mol. The number of likely N-dealkylation sites (tertiary alicyclic amines) is 1. The highest BCUT2D eigenvalue weighted by atomic mass is 16.6. The van der Waals surface area contributed by atoms with Crippen LogP contribution in [0.1, 0.15) is 75.1 Å². The number of nitrogens with zero attached hydrogens (tertiary/aromatic N) is 3. The summed E-state index contributed by atoms with van der Waals surface area (Å²) in [6.45, 7) is 6.94. The maximum absolute atomic E-state index is 12.5. The minimum absolute atomic E-state index is 0.144. The standard InChI is InChI=1S/C26H34N4O4/c1-26(2,3)34-25(32)30-11-9-19(10-12-30)21-8-5-17(15-27-21)13-24(31)29-23-14-22(33-4)20(16-28-23)18-6-7-18/h5,8,14-16,18-19H,6-7,9-13H2,1-4H3,(H,28,29,31). The molecule has 0 atom stereocenters. The zero-order valence-electron chi connectivity index (χ0n) is 20.5. The van der Waals surface area contributed by atoms with E-state index in [0.717, 1.165) is 48.3 Å². The summed E-state index contributed by atoms with van der Waals surface area (Å²) in [5, 5.41) is 2.85. The number of nitrogens with one attached hydrogen (secondary N) is 1. The fourth-order valence-corrected chi connectivity index (χ4v) is 4.23. The number of amides is 2. The topological polar surface area (TPSA) is 93.7 Å². The summed E-state index contributed by atoms with van der Waals surface area (Å²) in [6.07, 6.45) is 7.54. The van der Waals surface area contributed by atoms with Gasteiger partial charge in [-0.15, -0.1) is 0 Å². The van der Waals surface area contributed by atoms with Crippen LogP contribution in [-0.4, -0.2) is 52.7 Å². The van der Waals surface area contributed by atoms with Gasteiger partial charge in [0.25, 0.3) is 0 Å². The largest absolute Gasteiger partial charge is 0.496 e. The summed E-state index contributed by atoms with van der Waals surface area (Å²) >= 11 is 0. The second-order valence-corrected chi connectivity index (χ2v) is 10.1. The Morgan fingerprint density at radius 2 is 1.79 bits per heavy atom. The highest BCUT2D eigenvalue weighted by Crippen LogP contribution is 2.44. The molecule has 1 aliphatic carbocycles. The third-order valence-corrected chi connectivity index (χ3v) is 6.18. The Kier molecular flexibility index (Phi) is 7.05. The highest BCUT2D eigenvalue weighted by molar-refractivity contribution is 5.91. The van der Waals surface area contributed by atoms with Crippen molar-refractivity contribution in [1.82, 2.24) is 14.9 Å². The molecule has 1 N–H and O–H groups in total. The average molecular weight is 467 g/mol. The van der Waals surface area contributed by atoms with Crippen molar-refractivity contribution in [3.05, 3.63) is 47.4 Å². The number of pyridine rings is 2. The minimum Gasteiger partial charge on any atom is -0.496 e. The molecule has 0 spiro atoms. The highest BCUT2D eigenvalue weighted by Gasteiger charge is 2.29. The number of piperidine rings is 1. The molecule has 3 heterocycles. The van der Waals surface area contributed by atoms with Crippen LogP contribution in [0.25, 0.3) is 0 Å². The van der Waals surface area contributed by atoms with E-state index in [9.17, 15) is 9.59 Å². The van der Waals surface area contributed by atoms with E-state index in [-0.39, 0.29) is 18.4 Å². The van der Waals surface area contributed by atoms with Crippen molar-refractivity contribution >= 4 is 17.8 Å². The minimum atomic E-state index is -0.486. The molecule has 34 heavy (non-hydrogen) atoms. The van der Waals surface area contributed by atoms with Gasteiger partial charge < -0.3 is 19.7 Å². The Bertz CT molecular complexity index is 1020.